The third kappa shape index (κ3) is 3.31. The Balaban J connectivity index is 2.18. The van der Waals surface area contributed by atoms with E-state index >= 15 is 0 Å². The molecule has 1 heterocycles. The van der Waals surface area contributed by atoms with Crippen LogP contribution in [0.1, 0.15) is 5.56 Å². The SMILES string of the molecule is Cc1ccc(F)cc1S(=O)(=O)N1CCN(CCCl)CC1. The molecule has 1 aliphatic heterocycles. The highest BCUT2D eigenvalue weighted by Crippen LogP contribution is 2.22. The summed E-state index contributed by atoms with van der Waals surface area (Å²) in [5, 5.41) is 0. The minimum atomic E-state index is -3.62. The Labute approximate surface area is 124 Å². The number of piperazine rings is 1. The maximum Gasteiger partial charge on any atom is 0.243 e. The maximum absolute atomic E-state index is 13.3. The van der Waals surface area contributed by atoms with E-state index in [-0.39, 0.29) is 4.90 Å². The highest BCUT2D eigenvalue weighted by atomic mass is 35.5. The van der Waals surface area contributed by atoms with Gasteiger partial charge in [-0.3, -0.25) is 4.90 Å². The fourth-order valence-electron chi connectivity index (χ4n) is 2.30. The first-order chi connectivity index (χ1) is 9.45. The van der Waals surface area contributed by atoms with E-state index in [2.05, 4.69) is 4.90 Å². The molecule has 0 amide bonds. The zero-order valence-electron chi connectivity index (χ0n) is 11.3. The Kier molecular flexibility index (Phi) is 5.01. The van der Waals surface area contributed by atoms with Gasteiger partial charge in [0.1, 0.15) is 5.82 Å². The van der Waals surface area contributed by atoms with Crippen LogP contribution in [0.3, 0.4) is 0 Å². The molecule has 0 bridgehead atoms. The van der Waals surface area contributed by atoms with Crippen molar-refractivity contribution in [1.82, 2.24) is 9.21 Å². The van der Waals surface area contributed by atoms with Crippen LogP contribution in [0.4, 0.5) is 4.39 Å². The van der Waals surface area contributed by atoms with E-state index in [1.54, 1.807) is 6.92 Å². The molecule has 1 fully saturated rings. The number of rotatable bonds is 4. The van der Waals surface area contributed by atoms with E-state index in [9.17, 15) is 12.8 Å². The van der Waals surface area contributed by atoms with Crippen molar-refractivity contribution in [3.05, 3.63) is 29.6 Å². The van der Waals surface area contributed by atoms with Crippen LogP contribution in [-0.2, 0) is 10.0 Å². The topological polar surface area (TPSA) is 40.6 Å². The van der Waals surface area contributed by atoms with Crippen LogP contribution in [0.25, 0.3) is 0 Å². The predicted molar refractivity (Wildman–Crippen MR) is 77.1 cm³/mol. The second-order valence-electron chi connectivity index (χ2n) is 4.84. The van der Waals surface area contributed by atoms with Crippen molar-refractivity contribution in [3.63, 3.8) is 0 Å². The zero-order chi connectivity index (χ0) is 14.8. The average Bonchev–Trinajstić information content (AvgIpc) is 2.42. The van der Waals surface area contributed by atoms with Crippen molar-refractivity contribution in [2.24, 2.45) is 0 Å². The summed E-state index contributed by atoms with van der Waals surface area (Å²) in [6.45, 7) is 4.56. The van der Waals surface area contributed by atoms with Crippen molar-refractivity contribution >= 4 is 21.6 Å². The first-order valence-electron chi connectivity index (χ1n) is 6.50. The Morgan fingerprint density at radius 2 is 1.90 bits per heavy atom. The van der Waals surface area contributed by atoms with Crippen LogP contribution in [0, 0.1) is 12.7 Å². The van der Waals surface area contributed by atoms with Crippen LogP contribution in [0.5, 0.6) is 0 Å². The van der Waals surface area contributed by atoms with Crippen LogP contribution >= 0.6 is 11.6 Å². The molecule has 0 spiro atoms. The van der Waals surface area contributed by atoms with Gasteiger partial charge in [0.05, 0.1) is 4.90 Å². The lowest BCUT2D eigenvalue weighted by molar-refractivity contribution is 0.197. The Morgan fingerprint density at radius 3 is 2.50 bits per heavy atom. The summed E-state index contributed by atoms with van der Waals surface area (Å²) in [4.78, 5) is 2.18. The molecule has 112 valence electrons. The number of aryl methyl sites for hydroxylation is 1. The first-order valence-corrected chi connectivity index (χ1v) is 8.47. The molecule has 4 nitrogen and oxygen atoms in total. The number of hydrogen-bond acceptors (Lipinski definition) is 3. The summed E-state index contributed by atoms with van der Waals surface area (Å²) < 4.78 is 39.8. The van der Waals surface area contributed by atoms with Crippen LogP contribution in [0.15, 0.2) is 23.1 Å². The smallest absolute Gasteiger partial charge is 0.243 e. The van der Waals surface area contributed by atoms with Gasteiger partial charge < -0.3 is 0 Å². The van der Waals surface area contributed by atoms with Crippen molar-refractivity contribution in [2.45, 2.75) is 11.8 Å². The molecule has 1 aromatic rings. The number of halogens is 2. The molecule has 1 aromatic carbocycles. The van der Waals surface area contributed by atoms with Crippen molar-refractivity contribution < 1.29 is 12.8 Å². The number of sulfonamides is 1. The minimum Gasteiger partial charge on any atom is -0.300 e. The normalized spacial score (nSPS) is 18.4. The van der Waals surface area contributed by atoms with Crippen LogP contribution in [0.2, 0.25) is 0 Å². The van der Waals surface area contributed by atoms with Gasteiger partial charge >= 0.3 is 0 Å². The number of hydrogen-bond donors (Lipinski definition) is 0. The molecule has 0 atom stereocenters. The average molecular weight is 321 g/mol. The summed E-state index contributed by atoms with van der Waals surface area (Å²) in [5.41, 5.74) is 0.564. The van der Waals surface area contributed by atoms with Crippen molar-refractivity contribution in [2.75, 3.05) is 38.6 Å². The Morgan fingerprint density at radius 1 is 1.25 bits per heavy atom. The summed E-state index contributed by atoms with van der Waals surface area (Å²) >= 11 is 5.68. The number of alkyl halides is 1. The van der Waals surface area contributed by atoms with Gasteiger partial charge in [-0.05, 0) is 24.6 Å². The van der Waals surface area contributed by atoms with Crippen LogP contribution in [-0.4, -0.2) is 56.2 Å². The lowest BCUT2D eigenvalue weighted by atomic mass is 10.2. The predicted octanol–water partition coefficient (Wildman–Crippen LogP) is 1.68. The van der Waals surface area contributed by atoms with Crippen molar-refractivity contribution in [1.29, 1.82) is 0 Å². The second kappa shape index (κ2) is 6.39. The van der Waals surface area contributed by atoms with E-state index in [4.69, 9.17) is 11.6 Å². The van der Waals surface area contributed by atoms with Crippen LogP contribution < -0.4 is 0 Å². The van der Waals surface area contributed by atoms with Gasteiger partial charge in [-0.1, -0.05) is 6.07 Å². The molecule has 0 unspecified atom stereocenters. The molecular formula is C13H18ClFN2O2S. The molecule has 1 aliphatic rings. The Bertz CT molecular complexity index is 572. The summed E-state index contributed by atoms with van der Waals surface area (Å²) in [6.07, 6.45) is 0. The van der Waals surface area contributed by atoms with Crippen molar-refractivity contribution in [3.8, 4) is 0 Å². The molecule has 0 N–H and O–H groups in total. The third-order valence-corrected chi connectivity index (χ3v) is 5.71. The summed E-state index contributed by atoms with van der Waals surface area (Å²) in [5.74, 6) is 0.00500. The molecular weight excluding hydrogens is 303 g/mol. The van der Waals surface area contributed by atoms with Gasteiger partial charge in [0.25, 0.3) is 0 Å². The monoisotopic (exact) mass is 320 g/mol. The zero-order valence-corrected chi connectivity index (χ0v) is 12.9. The largest absolute Gasteiger partial charge is 0.300 e. The minimum absolute atomic E-state index is 0.0586. The molecule has 1 saturated heterocycles. The Hall–Kier alpha value is -0.690. The fraction of sp³-hybridized carbons (Fsp3) is 0.538. The molecule has 0 radical (unpaired) electrons. The fourth-order valence-corrected chi connectivity index (χ4v) is 4.20. The van der Waals surface area contributed by atoms with Gasteiger partial charge in [0.2, 0.25) is 10.0 Å². The van der Waals surface area contributed by atoms with Gasteiger partial charge in [-0.25, -0.2) is 12.8 Å². The van der Waals surface area contributed by atoms with E-state index in [1.165, 1.54) is 16.4 Å². The first kappa shape index (κ1) is 15.7. The summed E-state index contributed by atoms with van der Waals surface area (Å²) in [6, 6.07) is 3.86. The van der Waals surface area contributed by atoms with Gasteiger partial charge in [-0.15, -0.1) is 11.6 Å². The van der Waals surface area contributed by atoms with Gasteiger partial charge in [-0.2, -0.15) is 4.31 Å². The lowest BCUT2D eigenvalue weighted by Gasteiger charge is -2.33. The standard InChI is InChI=1S/C13H18ClFN2O2S/c1-11-2-3-12(15)10-13(11)20(18,19)17-8-6-16(5-4-14)7-9-17/h2-3,10H,4-9H2,1H3. The number of nitrogens with zero attached hydrogens (tertiary/aromatic N) is 2. The van der Waals surface area contributed by atoms with E-state index in [0.29, 0.717) is 37.6 Å². The molecule has 0 aliphatic carbocycles. The second-order valence-corrected chi connectivity index (χ2v) is 7.13. The van der Waals surface area contributed by atoms with Gasteiger partial charge in [0, 0.05) is 38.6 Å². The molecule has 2 rings (SSSR count). The van der Waals surface area contributed by atoms with E-state index in [0.717, 1.165) is 12.6 Å². The molecule has 0 saturated carbocycles. The molecule has 0 aromatic heterocycles. The maximum atomic E-state index is 13.3. The summed E-state index contributed by atoms with van der Waals surface area (Å²) in [7, 11) is -3.62. The lowest BCUT2D eigenvalue weighted by Crippen LogP contribution is -2.49. The third-order valence-electron chi connectivity index (χ3n) is 3.50. The van der Waals surface area contributed by atoms with Gasteiger partial charge in [0.15, 0.2) is 0 Å². The van der Waals surface area contributed by atoms with E-state index in [1.807, 2.05) is 0 Å². The highest BCUT2D eigenvalue weighted by molar-refractivity contribution is 7.89. The number of benzene rings is 1. The highest BCUT2D eigenvalue weighted by Gasteiger charge is 2.29. The molecule has 7 heteroatoms. The molecule has 20 heavy (non-hydrogen) atoms. The van der Waals surface area contributed by atoms with E-state index < -0.39 is 15.8 Å². The quantitative estimate of drug-likeness (QED) is 0.793.